The largest absolute Gasteiger partial charge is 0.457 e. The van der Waals surface area contributed by atoms with Crippen LogP contribution in [0.25, 0.3) is 0 Å². The average Bonchev–Trinajstić information content (AvgIpc) is 2.74. The lowest BCUT2D eigenvalue weighted by Gasteiger charge is -2.28. The first-order valence-corrected chi connectivity index (χ1v) is 7.28. The van der Waals surface area contributed by atoms with Crippen LogP contribution in [0.4, 0.5) is 5.69 Å². The Balaban J connectivity index is 2.06. The molecule has 2 unspecified atom stereocenters. The Kier molecular flexibility index (Phi) is 4.51. The first-order valence-electron chi connectivity index (χ1n) is 7.28. The van der Waals surface area contributed by atoms with E-state index in [2.05, 4.69) is 13.8 Å². The summed E-state index contributed by atoms with van der Waals surface area (Å²) in [6.45, 7) is 5.03. The molecule has 2 rings (SSSR count). The quantitative estimate of drug-likeness (QED) is 0.849. The number of ether oxygens (including phenoxy) is 1. The van der Waals surface area contributed by atoms with Crippen LogP contribution < -0.4 is 5.73 Å². The minimum absolute atomic E-state index is 0.0625. The van der Waals surface area contributed by atoms with Gasteiger partial charge in [-0.2, -0.15) is 0 Å². The fourth-order valence-electron chi connectivity index (χ4n) is 2.78. The van der Waals surface area contributed by atoms with Crippen LogP contribution in [0.15, 0.2) is 12.3 Å². The minimum atomic E-state index is -0.233. The second kappa shape index (κ2) is 6.13. The van der Waals surface area contributed by atoms with Gasteiger partial charge in [-0.05, 0) is 37.7 Å². The number of esters is 1. The number of aryl methyl sites for hydroxylation is 1. The SMILES string of the molecule is CCCn1cc(N)cc1C(=O)OC1CCCCC1C. The zero-order valence-corrected chi connectivity index (χ0v) is 11.9. The average molecular weight is 264 g/mol. The summed E-state index contributed by atoms with van der Waals surface area (Å²) >= 11 is 0. The van der Waals surface area contributed by atoms with Crippen LogP contribution in [-0.4, -0.2) is 16.6 Å². The Morgan fingerprint density at radius 3 is 2.89 bits per heavy atom. The highest BCUT2D eigenvalue weighted by Crippen LogP contribution is 2.27. The van der Waals surface area contributed by atoms with Crippen molar-refractivity contribution in [3.8, 4) is 0 Å². The van der Waals surface area contributed by atoms with E-state index in [0.29, 0.717) is 17.3 Å². The minimum Gasteiger partial charge on any atom is -0.457 e. The van der Waals surface area contributed by atoms with Crippen molar-refractivity contribution in [3.63, 3.8) is 0 Å². The zero-order chi connectivity index (χ0) is 13.8. The van der Waals surface area contributed by atoms with Gasteiger partial charge >= 0.3 is 5.97 Å². The second-order valence-corrected chi connectivity index (χ2v) is 5.56. The summed E-state index contributed by atoms with van der Waals surface area (Å²) in [6, 6.07) is 1.71. The molecule has 0 saturated heterocycles. The third kappa shape index (κ3) is 3.31. The van der Waals surface area contributed by atoms with Crippen molar-refractivity contribution in [1.82, 2.24) is 4.57 Å². The highest BCUT2D eigenvalue weighted by molar-refractivity contribution is 5.89. The van der Waals surface area contributed by atoms with Gasteiger partial charge in [-0.1, -0.05) is 20.3 Å². The number of nitrogen functional groups attached to an aromatic ring is 1. The second-order valence-electron chi connectivity index (χ2n) is 5.56. The molecule has 1 saturated carbocycles. The normalized spacial score (nSPS) is 23.3. The van der Waals surface area contributed by atoms with Crippen LogP contribution >= 0.6 is 0 Å². The molecule has 0 amide bonds. The molecule has 1 aliphatic rings. The standard InChI is InChI=1S/C15H24N2O2/c1-3-8-17-10-12(16)9-13(17)15(18)19-14-7-5-4-6-11(14)2/h9-11,14H,3-8,16H2,1-2H3. The lowest BCUT2D eigenvalue weighted by atomic mass is 9.88. The molecule has 1 fully saturated rings. The van der Waals surface area contributed by atoms with Crippen molar-refractivity contribution in [2.45, 2.75) is 58.6 Å². The smallest absolute Gasteiger partial charge is 0.355 e. The maximum atomic E-state index is 12.3. The maximum absolute atomic E-state index is 12.3. The molecule has 0 radical (unpaired) electrons. The van der Waals surface area contributed by atoms with E-state index >= 15 is 0 Å². The van der Waals surface area contributed by atoms with Crippen LogP contribution in [0.5, 0.6) is 0 Å². The number of hydrogen-bond donors (Lipinski definition) is 1. The molecule has 1 aromatic rings. The van der Waals surface area contributed by atoms with Crippen LogP contribution in [-0.2, 0) is 11.3 Å². The van der Waals surface area contributed by atoms with Crippen LogP contribution in [0.3, 0.4) is 0 Å². The van der Waals surface area contributed by atoms with Gasteiger partial charge in [-0.3, -0.25) is 0 Å². The van der Waals surface area contributed by atoms with Gasteiger partial charge in [-0.15, -0.1) is 0 Å². The maximum Gasteiger partial charge on any atom is 0.355 e. The molecule has 2 atom stereocenters. The number of anilines is 1. The van der Waals surface area contributed by atoms with Gasteiger partial charge in [0.05, 0.1) is 5.69 Å². The lowest BCUT2D eigenvalue weighted by Crippen LogP contribution is -2.29. The van der Waals surface area contributed by atoms with Gasteiger partial charge in [0.2, 0.25) is 0 Å². The van der Waals surface area contributed by atoms with E-state index in [1.807, 2.05) is 10.8 Å². The fourth-order valence-corrected chi connectivity index (χ4v) is 2.78. The van der Waals surface area contributed by atoms with Crippen molar-refractivity contribution < 1.29 is 9.53 Å². The van der Waals surface area contributed by atoms with Gasteiger partial charge in [-0.25, -0.2) is 4.79 Å². The van der Waals surface area contributed by atoms with E-state index in [1.54, 1.807) is 6.07 Å². The molecule has 4 heteroatoms. The number of nitrogens with zero attached hydrogens (tertiary/aromatic N) is 1. The van der Waals surface area contributed by atoms with E-state index in [0.717, 1.165) is 32.2 Å². The Bertz CT molecular complexity index is 439. The van der Waals surface area contributed by atoms with Gasteiger partial charge in [0.25, 0.3) is 0 Å². The van der Waals surface area contributed by atoms with Crippen molar-refractivity contribution in [2.75, 3.05) is 5.73 Å². The highest BCUT2D eigenvalue weighted by atomic mass is 16.5. The third-order valence-electron chi connectivity index (χ3n) is 3.88. The van der Waals surface area contributed by atoms with E-state index in [1.165, 1.54) is 6.42 Å². The van der Waals surface area contributed by atoms with E-state index in [9.17, 15) is 4.79 Å². The molecule has 0 aliphatic heterocycles. The van der Waals surface area contributed by atoms with Crippen molar-refractivity contribution in [1.29, 1.82) is 0 Å². The van der Waals surface area contributed by atoms with E-state index < -0.39 is 0 Å². The molecule has 1 aliphatic carbocycles. The van der Waals surface area contributed by atoms with E-state index in [4.69, 9.17) is 10.5 Å². The van der Waals surface area contributed by atoms with Crippen molar-refractivity contribution in [2.24, 2.45) is 5.92 Å². The van der Waals surface area contributed by atoms with Gasteiger partial charge in [0, 0.05) is 12.7 Å². The molecule has 0 bridgehead atoms. The fraction of sp³-hybridized carbons (Fsp3) is 0.667. The summed E-state index contributed by atoms with van der Waals surface area (Å²) < 4.78 is 7.57. The summed E-state index contributed by atoms with van der Waals surface area (Å²) in [5.74, 6) is 0.230. The first kappa shape index (κ1) is 14.0. The Hall–Kier alpha value is -1.45. The summed E-state index contributed by atoms with van der Waals surface area (Å²) in [4.78, 5) is 12.3. The Morgan fingerprint density at radius 1 is 1.47 bits per heavy atom. The Labute approximate surface area is 114 Å². The Morgan fingerprint density at radius 2 is 2.21 bits per heavy atom. The number of nitrogens with two attached hydrogens (primary N) is 1. The molecular weight excluding hydrogens is 240 g/mol. The third-order valence-corrected chi connectivity index (χ3v) is 3.88. The summed E-state index contributed by atoms with van der Waals surface area (Å²) in [5.41, 5.74) is 6.98. The lowest BCUT2D eigenvalue weighted by molar-refractivity contribution is 0.00372. The molecule has 19 heavy (non-hydrogen) atoms. The number of aromatic nitrogens is 1. The molecular formula is C15H24N2O2. The van der Waals surface area contributed by atoms with Crippen molar-refractivity contribution >= 4 is 11.7 Å². The van der Waals surface area contributed by atoms with Gasteiger partial charge < -0.3 is 15.0 Å². The molecule has 4 nitrogen and oxygen atoms in total. The predicted molar refractivity (Wildman–Crippen MR) is 76.0 cm³/mol. The molecule has 1 aromatic heterocycles. The monoisotopic (exact) mass is 264 g/mol. The van der Waals surface area contributed by atoms with Gasteiger partial charge in [0.1, 0.15) is 11.8 Å². The topological polar surface area (TPSA) is 57.2 Å². The molecule has 0 aromatic carbocycles. The molecule has 1 heterocycles. The predicted octanol–water partition coefficient (Wildman–Crippen LogP) is 3.22. The van der Waals surface area contributed by atoms with Gasteiger partial charge in [0.15, 0.2) is 0 Å². The zero-order valence-electron chi connectivity index (χ0n) is 11.9. The first-order chi connectivity index (χ1) is 9.11. The summed E-state index contributed by atoms with van der Waals surface area (Å²) in [5, 5.41) is 0. The van der Waals surface area contributed by atoms with Crippen LogP contribution in [0, 0.1) is 5.92 Å². The van der Waals surface area contributed by atoms with E-state index in [-0.39, 0.29) is 12.1 Å². The molecule has 106 valence electrons. The summed E-state index contributed by atoms with van der Waals surface area (Å²) in [7, 11) is 0. The number of rotatable bonds is 4. The number of carbonyl (C=O) groups excluding carboxylic acids is 1. The van der Waals surface area contributed by atoms with Crippen LogP contribution in [0.2, 0.25) is 0 Å². The molecule has 2 N–H and O–H groups in total. The van der Waals surface area contributed by atoms with Crippen LogP contribution in [0.1, 0.15) is 56.4 Å². The number of hydrogen-bond acceptors (Lipinski definition) is 3. The molecule has 0 spiro atoms. The summed E-state index contributed by atoms with van der Waals surface area (Å²) in [6.07, 6.45) is 7.37. The van der Waals surface area contributed by atoms with Crippen molar-refractivity contribution in [3.05, 3.63) is 18.0 Å². The highest BCUT2D eigenvalue weighted by Gasteiger charge is 2.26. The number of carbonyl (C=O) groups is 1.